The highest BCUT2D eigenvalue weighted by Gasteiger charge is 2.49. The normalized spacial score (nSPS) is 20.8. The Morgan fingerprint density at radius 3 is 2.29 bits per heavy atom. The third kappa shape index (κ3) is 3.50. The average Bonchev–Trinajstić information content (AvgIpc) is 2.70. The maximum atomic E-state index is 12.7. The molecule has 1 saturated heterocycles. The second-order valence-electron chi connectivity index (χ2n) is 6.76. The molecule has 1 N–H and O–H groups in total. The van der Waals surface area contributed by atoms with Gasteiger partial charge in [-0.2, -0.15) is 0 Å². The zero-order valence-corrected chi connectivity index (χ0v) is 14.5. The van der Waals surface area contributed by atoms with Crippen molar-refractivity contribution in [2.45, 2.75) is 38.8 Å². The Hall–Kier alpha value is -2.57. The number of amides is 3. The standard InChI is InChI=1S/C17H22N2O5/c1-16(2,3)24-13(20)10-19-14(21)17(4,18-15(19)22)11-6-8-12(23-5)9-7-11/h6-9H,10H2,1-5H3,(H,18,22). The molecule has 1 fully saturated rings. The van der Waals surface area contributed by atoms with Gasteiger partial charge in [-0.1, -0.05) is 12.1 Å². The Bertz CT molecular complexity index is 663. The molecule has 1 atom stereocenters. The van der Waals surface area contributed by atoms with E-state index in [1.807, 2.05) is 0 Å². The van der Waals surface area contributed by atoms with Crippen LogP contribution in [-0.4, -0.2) is 42.1 Å². The molecule has 0 aliphatic carbocycles. The van der Waals surface area contributed by atoms with Crippen LogP contribution in [0.3, 0.4) is 0 Å². The summed E-state index contributed by atoms with van der Waals surface area (Å²) in [6.45, 7) is 6.34. The number of hydrogen-bond acceptors (Lipinski definition) is 5. The van der Waals surface area contributed by atoms with Crippen LogP contribution in [0.25, 0.3) is 0 Å². The van der Waals surface area contributed by atoms with Crippen LogP contribution >= 0.6 is 0 Å². The molecule has 7 nitrogen and oxygen atoms in total. The van der Waals surface area contributed by atoms with Gasteiger partial charge in [0.05, 0.1) is 7.11 Å². The largest absolute Gasteiger partial charge is 0.497 e. The molecule has 0 saturated carbocycles. The van der Waals surface area contributed by atoms with Crippen LogP contribution in [0.4, 0.5) is 4.79 Å². The molecule has 7 heteroatoms. The number of carbonyl (C=O) groups is 3. The number of hydrogen-bond donors (Lipinski definition) is 1. The van der Waals surface area contributed by atoms with E-state index in [9.17, 15) is 14.4 Å². The molecule has 24 heavy (non-hydrogen) atoms. The van der Waals surface area contributed by atoms with Gasteiger partial charge in [-0.05, 0) is 45.4 Å². The summed E-state index contributed by atoms with van der Waals surface area (Å²) in [6.07, 6.45) is 0. The van der Waals surface area contributed by atoms with Gasteiger partial charge in [-0.15, -0.1) is 0 Å². The highest BCUT2D eigenvalue weighted by molar-refractivity contribution is 6.08. The number of esters is 1. The summed E-state index contributed by atoms with van der Waals surface area (Å²) in [5.74, 6) is -0.488. The summed E-state index contributed by atoms with van der Waals surface area (Å²) >= 11 is 0. The monoisotopic (exact) mass is 334 g/mol. The lowest BCUT2D eigenvalue weighted by atomic mass is 9.92. The van der Waals surface area contributed by atoms with E-state index in [0.717, 1.165) is 4.90 Å². The average molecular weight is 334 g/mol. The van der Waals surface area contributed by atoms with E-state index in [2.05, 4.69) is 5.32 Å². The third-order valence-corrected chi connectivity index (χ3v) is 3.65. The summed E-state index contributed by atoms with van der Waals surface area (Å²) in [7, 11) is 1.54. The third-order valence-electron chi connectivity index (χ3n) is 3.65. The molecule has 0 radical (unpaired) electrons. The number of imide groups is 1. The van der Waals surface area contributed by atoms with Gasteiger partial charge >= 0.3 is 12.0 Å². The number of urea groups is 1. The second kappa shape index (κ2) is 6.14. The Morgan fingerprint density at radius 1 is 1.21 bits per heavy atom. The minimum atomic E-state index is -1.23. The molecule has 1 aromatic rings. The summed E-state index contributed by atoms with van der Waals surface area (Å²) in [5, 5.41) is 2.64. The van der Waals surface area contributed by atoms with Gasteiger partial charge in [0.1, 0.15) is 23.4 Å². The predicted molar refractivity (Wildman–Crippen MR) is 86.4 cm³/mol. The van der Waals surface area contributed by atoms with E-state index in [-0.39, 0.29) is 0 Å². The van der Waals surface area contributed by atoms with Crippen LogP contribution in [0.15, 0.2) is 24.3 Å². The van der Waals surface area contributed by atoms with E-state index >= 15 is 0 Å². The number of carbonyl (C=O) groups excluding carboxylic acids is 3. The molecule has 0 aromatic heterocycles. The Labute approximate surface area is 140 Å². The van der Waals surface area contributed by atoms with Crippen molar-refractivity contribution < 1.29 is 23.9 Å². The zero-order chi connectivity index (χ0) is 18.1. The molecule has 1 aromatic carbocycles. The van der Waals surface area contributed by atoms with Gasteiger partial charge in [0.25, 0.3) is 5.91 Å². The van der Waals surface area contributed by atoms with Crippen LogP contribution in [0.1, 0.15) is 33.3 Å². The van der Waals surface area contributed by atoms with E-state index in [4.69, 9.17) is 9.47 Å². The molecule has 1 heterocycles. The summed E-state index contributed by atoms with van der Waals surface area (Å²) in [6, 6.07) is 6.19. The summed E-state index contributed by atoms with van der Waals surface area (Å²) in [5.41, 5.74) is -1.31. The second-order valence-corrected chi connectivity index (χ2v) is 6.76. The maximum Gasteiger partial charge on any atom is 0.326 e. The molecule has 130 valence electrons. The number of nitrogens with zero attached hydrogens (tertiary/aromatic N) is 1. The molecular formula is C17H22N2O5. The van der Waals surface area contributed by atoms with Crippen LogP contribution in [0.2, 0.25) is 0 Å². The van der Waals surface area contributed by atoms with Crippen molar-refractivity contribution in [2.24, 2.45) is 0 Å². The van der Waals surface area contributed by atoms with Gasteiger partial charge in [-0.3, -0.25) is 14.5 Å². The number of ether oxygens (including phenoxy) is 2. The molecule has 0 spiro atoms. The zero-order valence-electron chi connectivity index (χ0n) is 14.5. The Morgan fingerprint density at radius 2 is 1.79 bits per heavy atom. The van der Waals surface area contributed by atoms with Crippen LogP contribution < -0.4 is 10.1 Å². The molecule has 3 amide bonds. The van der Waals surface area contributed by atoms with Crippen molar-refractivity contribution in [3.8, 4) is 5.75 Å². The fourth-order valence-corrected chi connectivity index (χ4v) is 2.46. The van der Waals surface area contributed by atoms with Crippen LogP contribution in [-0.2, 0) is 19.9 Å². The van der Waals surface area contributed by atoms with E-state index in [0.29, 0.717) is 11.3 Å². The van der Waals surface area contributed by atoms with Crippen molar-refractivity contribution >= 4 is 17.9 Å². The fourth-order valence-electron chi connectivity index (χ4n) is 2.46. The van der Waals surface area contributed by atoms with Crippen LogP contribution in [0.5, 0.6) is 5.75 Å². The first-order valence-corrected chi connectivity index (χ1v) is 7.57. The van der Waals surface area contributed by atoms with E-state index in [1.54, 1.807) is 59.1 Å². The highest BCUT2D eigenvalue weighted by atomic mass is 16.6. The maximum absolute atomic E-state index is 12.7. The fraction of sp³-hybridized carbons (Fsp3) is 0.471. The first-order chi connectivity index (χ1) is 11.1. The van der Waals surface area contributed by atoms with Gasteiger partial charge in [0.2, 0.25) is 0 Å². The van der Waals surface area contributed by atoms with Gasteiger partial charge in [0, 0.05) is 0 Å². The number of rotatable bonds is 4. The number of benzene rings is 1. The van der Waals surface area contributed by atoms with Gasteiger partial charge in [0.15, 0.2) is 0 Å². The lowest BCUT2D eigenvalue weighted by Crippen LogP contribution is -2.42. The number of methoxy groups -OCH3 is 1. The lowest BCUT2D eigenvalue weighted by Gasteiger charge is -2.23. The van der Waals surface area contributed by atoms with Crippen molar-refractivity contribution in [2.75, 3.05) is 13.7 Å². The van der Waals surface area contributed by atoms with E-state index in [1.165, 1.54) is 0 Å². The lowest BCUT2D eigenvalue weighted by molar-refractivity contribution is -0.157. The predicted octanol–water partition coefficient (Wildman–Crippen LogP) is 1.80. The molecule has 2 rings (SSSR count). The first kappa shape index (κ1) is 17.8. The molecule has 1 unspecified atom stereocenters. The molecular weight excluding hydrogens is 312 g/mol. The Balaban J connectivity index is 2.19. The first-order valence-electron chi connectivity index (χ1n) is 7.57. The van der Waals surface area contributed by atoms with Crippen LogP contribution in [0, 0.1) is 0 Å². The smallest absolute Gasteiger partial charge is 0.326 e. The van der Waals surface area contributed by atoms with E-state index < -0.39 is 35.6 Å². The summed E-state index contributed by atoms with van der Waals surface area (Å²) in [4.78, 5) is 37.7. The van der Waals surface area contributed by atoms with Crippen molar-refractivity contribution in [3.63, 3.8) is 0 Å². The summed E-state index contributed by atoms with van der Waals surface area (Å²) < 4.78 is 10.3. The molecule has 1 aliphatic rings. The van der Waals surface area contributed by atoms with Gasteiger partial charge < -0.3 is 14.8 Å². The molecule has 0 bridgehead atoms. The minimum Gasteiger partial charge on any atom is -0.497 e. The minimum absolute atomic E-state index is 0.423. The topological polar surface area (TPSA) is 84.9 Å². The van der Waals surface area contributed by atoms with Gasteiger partial charge in [-0.25, -0.2) is 4.79 Å². The molecule has 1 aliphatic heterocycles. The van der Waals surface area contributed by atoms with Crippen molar-refractivity contribution in [1.29, 1.82) is 0 Å². The highest BCUT2D eigenvalue weighted by Crippen LogP contribution is 2.30. The Kier molecular flexibility index (Phi) is 4.55. The van der Waals surface area contributed by atoms with Crippen molar-refractivity contribution in [3.05, 3.63) is 29.8 Å². The van der Waals surface area contributed by atoms with Crippen molar-refractivity contribution in [1.82, 2.24) is 10.2 Å². The number of nitrogens with one attached hydrogen (secondary N) is 1. The quantitative estimate of drug-likeness (QED) is 0.670. The SMILES string of the molecule is COc1ccc(C2(C)NC(=O)N(CC(=O)OC(C)(C)C)C2=O)cc1.